The molecule has 2 aliphatic rings. The number of hydrogen-bond donors (Lipinski definition) is 1. The number of alkyl halides is 3. The SMILES string of the molecule is CC(C)N1CC[C@H](O[C@H]2CCCC(F)(F)[C@@H]2NC(=O)Cc2cccc(-c3cc(F)cc(F)c3)c2F)[C@@H](F)C1. The molecule has 0 aromatic heterocycles. The lowest BCUT2D eigenvalue weighted by Gasteiger charge is -2.42. The van der Waals surface area contributed by atoms with E-state index in [2.05, 4.69) is 5.32 Å². The Morgan fingerprint density at radius 1 is 1.11 bits per heavy atom. The van der Waals surface area contributed by atoms with E-state index < -0.39 is 66.5 Å². The minimum atomic E-state index is -3.29. The molecular formula is C28H32F6N2O2. The molecule has 1 heterocycles. The number of rotatable bonds is 7. The monoisotopic (exact) mass is 542 g/mol. The minimum Gasteiger partial charge on any atom is -0.369 e. The Labute approximate surface area is 218 Å². The molecule has 2 fully saturated rings. The number of hydrogen-bond acceptors (Lipinski definition) is 3. The molecule has 208 valence electrons. The number of amides is 1. The van der Waals surface area contributed by atoms with Gasteiger partial charge in [-0.15, -0.1) is 0 Å². The molecule has 0 radical (unpaired) electrons. The molecule has 10 heteroatoms. The molecule has 2 aromatic carbocycles. The average Bonchev–Trinajstić information content (AvgIpc) is 2.83. The van der Waals surface area contributed by atoms with Crippen LogP contribution in [0.25, 0.3) is 11.1 Å². The first kappa shape index (κ1) is 28.4. The van der Waals surface area contributed by atoms with Gasteiger partial charge < -0.3 is 10.1 Å². The van der Waals surface area contributed by atoms with Gasteiger partial charge in [0, 0.05) is 37.2 Å². The molecule has 0 spiro atoms. The number of piperidine rings is 1. The molecule has 0 unspecified atom stereocenters. The van der Waals surface area contributed by atoms with Gasteiger partial charge in [-0.3, -0.25) is 9.69 Å². The fourth-order valence-corrected chi connectivity index (χ4v) is 5.28. The fraction of sp³-hybridized carbons (Fsp3) is 0.536. The summed E-state index contributed by atoms with van der Waals surface area (Å²) in [7, 11) is 0. The molecule has 4 rings (SSSR count). The zero-order valence-corrected chi connectivity index (χ0v) is 21.3. The van der Waals surface area contributed by atoms with E-state index in [0.29, 0.717) is 19.0 Å². The molecule has 38 heavy (non-hydrogen) atoms. The summed E-state index contributed by atoms with van der Waals surface area (Å²) in [5.41, 5.74) is -0.301. The second-order valence-corrected chi connectivity index (χ2v) is 10.4. The van der Waals surface area contributed by atoms with Crippen molar-refractivity contribution in [2.45, 2.75) is 82.3 Å². The number of nitrogens with one attached hydrogen (secondary N) is 1. The van der Waals surface area contributed by atoms with Gasteiger partial charge in [-0.05, 0) is 56.4 Å². The Morgan fingerprint density at radius 3 is 2.47 bits per heavy atom. The highest BCUT2D eigenvalue weighted by molar-refractivity contribution is 5.80. The molecule has 1 saturated carbocycles. The van der Waals surface area contributed by atoms with Crippen molar-refractivity contribution in [3.8, 4) is 11.1 Å². The molecule has 1 amide bonds. The predicted octanol–water partition coefficient (Wildman–Crippen LogP) is 5.82. The van der Waals surface area contributed by atoms with Crippen LogP contribution < -0.4 is 5.32 Å². The van der Waals surface area contributed by atoms with Crippen LogP contribution in [0.15, 0.2) is 36.4 Å². The molecule has 2 aromatic rings. The van der Waals surface area contributed by atoms with Crippen molar-refractivity contribution in [3.05, 3.63) is 59.4 Å². The summed E-state index contributed by atoms with van der Waals surface area (Å²) in [6, 6.07) is 5.05. The van der Waals surface area contributed by atoms with E-state index in [1.54, 1.807) is 0 Å². The Hall–Kier alpha value is -2.59. The van der Waals surface area contributed by atoms with E-state index in [1.165, 1.54) is 18.2 Å². The molecule has 0 bridgehead atoms. The lowest BCUT2D eigenvalue weighted by atomic mass is 9.88. The fourth-order valence-electron chi connectivity index (χ4n) is 5.28. The standard InChI is InChI=1S/C28H32F6N2O2/c1-16(2)36-10-8-23(22(31)15-36)38-24-7-4-9-28(33,34)27(24)35-25(37)13-17-5-3-6-21(26(17)32)18-11-19(29)14-20(30)12-18/h3,5-6,11-12,14,16,22-24,27H,4,7-10,13,15H2,1-2H3,(H,35,37)/t22-,23-,24-,27+/m0/s1. The Kier molecular flexibility index (Phi) is 8.72. The summed E-state index contributed by atoms with van der Waals surface area (Å²) in [5.74, 6) is -6.81. The average molecular weight is 543 g/mol. The van der Waals surface area contributed by atoms with Gasteiger partial charge in [-0.2, -0.15) is 0 Å². The van der Waals surface area contributed by atoms with Crippen molar-refractivity contribution >= 4 is 5.91 Å². The zero-order chi connectivity index (χ0) is 27.6. The first-order chi connectivity index (χ1) is 17.9. The van der Waals surface area contributed by atoms with Crippen LogP contribution in [0.3, 0.4) is 0 Å². The van der Waals surface area contributed by atoms with Gasteiger partial charge in [0.1, 0.15) is 29.7 Å². The van der Waals surface area contributed by atoms with E-state index in [9.17, 15) is 26.7 Å². The van der Waals surface area contributed by atoms with Gasteiger partial charge in [0.15, 0.2) is 0 Å². The van der Waals surface area contributed by atoms with E-state index in [4.69, 9.17) is 4.74 Å². The summed E-state index contributed by atoms with van der Waals surface area (Å²) in [4.78, 5) is 14.8. The topological polar surface area (TPSA) is 41.6 Å². The number of ether oxygens (including phenoxy) is 1. The molecule has 1 aliphatic carbocycles. The maximum Gasteiger partial charge on any atom is 0.270 e. The van der Waals surface area contributed by atoms with Crippen LogP contribution >= 0.6 is 0 Å². The van der Waals surface area contributed by atoms with Gasteiger partial charge in [-0.1, -0.05) is 18.2 Å². The quantitative estimate of drug-likeness (QED) is 0.448. The first-order valence-electron chi connectivity index (χ1n) is 12.9. The largest absolute Gasteiger partial charge is 0.369 e. The van der Waals surface area contributed by atoms with Crippen molar-refractivity contribution in [1.29, 1.82) is 0 Å². The molecule has 1 saturated heterocycles. The molecule has 1 N–H and O–H groups in total. The third-order valence-corrected chi connectivity index (χ3v) is 7.34. The van der Waals surface area contributed by atoms with Gasteiger partial charge in [-0.25, -0.2) is 26.3 Å². The van der Waals surface area contributed by atoms with E-state index >= 15 is 4.39 Å². The Bertz CT molecular complexity index is 1120. The first-order valence-corrected chi connectivity index (χ1v) is 12.9. The Morgan fingerprint density at radius 2 is 1.82 bits per heavy atom. The van der Waals surface area contributed by atoms with Crippen molar-refractivity contribution < 1.29 is 35.9 Å². The van der Waals surface area contributed by atoms with Crippen LogP contribution in [-0.2, 0) is 16.0 Å². The van der Waals surface area contributed by atoms with Crippen LogP contribution in [0.4, 0.5) is 26.3 Å². The number of benzene rings is 2. The summed E-state index contributed by atoms with van der Waals surface area (Å²) in [5, 5.41) is 2.31. The van der Waals surface area contributed by atoms with Crippen LogP contribution in [-0.4, -0.2) is 60.3 Å². The highest BCUT2D eigenvalue weighted by atomic mass is 19.3. The summed E-state index contributed by atoms with van der Waals surface area (Å²) in [6.07, 6.45) is -3.60. The lowest BCUT2D eigenvalue weighted by molar-refractivity contribution is -0.166. The number of likely N-dealkylation sites (tertiary alicyclic amines) is 1. The van der Waals surface area contributed by atoms with Crippen molar-refractivity contribution in [2.75, 3.05) is 13.1 Å². The van der Waals surface area contributed by atoms with Crippen LogP contribution in [0, 0.1) is 17.5 Å². The molecule has 4 atom stereocenters. The summed E-state index contributed by atoms with van der Waals surface area (Å²) >= 11 is 0. The molecule has 1 aliphatic heterocycles. The van der Waals surface area contributed by atoms with Gasteiger partial charge in [0.2, 0.25) is 5.91 Å². The smallest absolute Gasteiger partial charge is 0.270 e. The van der Waals surface area contributed by atoms with E-state index in [0.717, 1.165) is 12.1 Å². The van der Waals surface area contributed by atoms with E-state index in [-0.39, 0.29) is 42.1 Å². The number of halogens is 6. The summed E-state index contributed by atoms with van der Waals surface area (Å²) < 4.78 is 93.0. The normalized spacial score (nSPS) is 25.9. The summed E-state index contributed by atoms with van der Waals surface area (Å²) in [6.45, 7) is 4.63. The number of nitrogens with zero attached hydrogens (tertiary/aromatic N) is 1. The minimum absolute atomic E-state index is 0.0566. The second kappa shape index (κ2) is 11.7. The van der Waals surface area contributed by atoms with E-state index in [1.807, 2.05) is 18.7 Å². The van der Waals surface area contributed by atoms with Crippen LogP contribution in [0.2, 0.25) is 0 Å². The Balaban J connectivity index is 1.47. The molecular weight excluding hydrogens is 510 g/mol. The maximum absolute atomic E-state index is 15.2. The van der Waals surface area contributed by atoms with Gasteiger partial charge >= 0.3 is 0 Å². The third-order valence-electron chi connectivity index (χ3n) is 7.34. The highest BCUT2D eigenvalue weighted by Crippen LogP contribution is 2.37. The van der Waals surface area contributed by atoms with Crippen LogP contribution in [0.5, 0.6) is 0 Å². The lowest BCUT2D eigenvalue weighted by Crippen LogP contribution is -2.59. The van der Waals surface area contributed by atoms with Gasteiger partial charge in [0.05, 0.1) is 18.6 Å². The third kappa shape index (κ3) is 6.51. The van der Waals surface area contributed by atoms with Gasteiger partial charge in [0.25, 0.3) is 5.92 Å². The highest BCUT2D eigenvalue weighted by Gasteiger charge is 2.49. The zero-order valence-electron chi connectivity index (χ0n) is 21.3. The van der Waals surface area contributed by atoms with Crippen molar-refractivity contribution in [3.63, 3.8) is 0 Å². The maximum atomic E-state index is 15.2. The van der Waals surface area contributed by atoms with Crippen molar-refractivity contribution in [1.82, 2.24) is 10.2 Å². The van der Waals surface area contributed by atoms with Crippen LogP contribution in [0.1, 0.15) is 45.1 Å². The number of carbonyl (C=O) groups excluding carboxylic acids is 1. The predicted molar refractivity (Wildman–Crippen MR) is 131 cm³/mol. The molecule has 4 nitrogen and oxygen atoms in total. The second-order valence-electron chi connectivity index (χ2n) is 10.4. The number of carbonyl (C=O) groups is 1. The van der Waals surface area contributed by atoms with Crippen molar-refractivity contribution in [2.24, 2.45) is 0 Å².